The highest BCUT2D eigenvalue weighted by atomic mass is 32.2. The molecule has 0 aromatic heterocycles. The standard InChI is InChI=1S/C17H17NO5S/c1-11-3-4-13(12(2)19)9-15(11)18-24(20,21)14-5-6-16-17(10-14)23-8-7-22-16/h3-6,9-10,18H,7-8H2,1-2H3. The zero-order valence-electron chi connectivity index (χ0n) is 13.3. The van der Waals surface area contributed by atoms with Gasteiger partial charge in [-0.15, -0.1) is 0 Å². The average molecular weight is 347 g/mol. The molecular weight excluding hydrogens is 330 g/mol. The van der Waals surface area contributed by atoms with Crippen LogP contribution in [0.4, 0.5) is 5.69 Å². The first-order valence-electron chi connectivity index (χ1n) is 7.41. The molecule has 0 spiro atoms. The Bertz CT molecular complexity index is 905. The Kier molecular flexibility index (Phi) is 4.19. The Hall–Kier alpha value is -2.54. The van der Waals surface area contributed by atoms with Gasteiger partial charge in [-0.2, -0.15) is 0 Å². The molecule has 2 aromatic rings. The summed E-state index contributed by atoms with van der Waals surface area (Å²) in [5.74, 6) is 0.795. The summed E-state index contributed by atoms with van der Waals surface area (Å²) in [7, 11) is -3.81. The SMILES string of the molecule is CC(=O)c1ccc(C)c(NS(=O)(=O)c2ccc3c(c2)OCCO3)c1. The summed E-state index contributed by atoms with van der Waals surface area (Å²) in [5.41, 5.74) is 1.54. The number of ether oxygens (including phenoxy) is 2. The maximum atomic E-state index is 12.6. The lowest BCUT2D eigenvalue weighted by Crippen LogP contribution is -2.17. The third-order valence-corrected chi connectivity index (χ3v) is 5.08. The van der Waals surface area contributed by atoms with Crippen LogP contribution in [0.25, 0.3) is 0 Å². The van der Waals surface area contributed by atoms with Gasteiger partial charge in [-0.25, -0.2) is 8.42 Å². The number of fused-ring (bicyclic) bond motifs is 1. The highest BCUT2D eigenvalue weighted by Crippen LogP contribution is 2.33. The normalized spacial score (nSPS) is 13.4. The van der Waals surface area contributed by atoms with Gasteiger partial charge in [0.05, 0.1) is 10.6 Å². The molecule has 0 aliphatic carbocycles. The van der Waals surface area contributed by atoms with Gasteiger partial charge in [-0.05, 0) is 37.6 Å². The van der Waals surface area contributed by atoms with Crippen molar-refractivity contribution < 1.29 is 22.7 Å². The fraction of sp³-hybridized carbons (Fsp3) is 0.235. The van der Waals surface area contributed by atoms with Gasteiger partial charge >= 0.3 is 0 Å². The highest BCUT2D eigenvalue weighted by Gasteiger charge is 2.20. The molecule has 2 aromatic carbocycles. The summed E-state index contributed by atoms with van der Waals surface area (Å²) in [5, 5.41) is 0. The zero-order valence-corrected chi connectivity index (χ0v) is 14.1. The van der Waals surface area contributed by atoms with Crippen LogP contribution in [0.15, 0.2) is 41.3 Å². The van der Waals surface area contributed by atoms with Crippen LogP contribution in [0.3, 0.4) is 0 Å². The summed E-state index contributed by atoms with van der Waals surface area (Å²) in [6.45, 7) is 4.02. The first-order valence-corrected chi connectivity index (χ1v) is 8.89. The van der Waals surface area contributed by atoms with Crippen molar-refractivity contribution in [3.63, 3.8) is 0 Å². The van der Waals surface area contributed by atoms with Crippen molar-refractivity contribution in [2.24, 2.45) is 0 Å². The Morgan fingerprint density at radius 2 is 1.75 bits per heavy atom. The lowest BCUT2D eigenvalue weighted by Gasteiger charge is -2.19. The predicted molar refractivity (Wildman–Crippen MR) is 89.4 cm³/mol. The Morgan fingerprint density at radius 3 is 2.46 bits per heavy atom. The zero-order chi connectivity index (χ0) is 17.3. The van der Waals surface area contributed by atoms with E-state index in [1.54, 1.807) is 25.1 Å². The molecule has 0 unspecified atom stereocenters. The van der Waals surface area contributed by atoms with E-state index in [1.165, 1.54) is 25.1 Å². The molecule has 0 radical (unpaired) electrons. The third kappa shape index (κ3) is 3.21. The van der Waals surface area contributed by atoms with Gasteiger partial charge in [0, 0.05) is 11.6 Å². The van der Waals surface area contributed by atoms with E-state index in [9.17, 15) is 13.2 Å². The second-order valence-corrected chi connectivity index (χ2v) is 7.18. The van der Waals surface area contributed by atoms with E-state index in [1.807, 2.05) is 0 Å². The Balaban J connectivity index is 1.94. The third-order valence-electron chi connectivity index (χ3n) is 3.71. The molecule has 1 aliphatic rings. The van der Waals surface area contributed by atoms with E-state index < -0.39 is 10.0 Å². The van der Waals surface area contributed by atoms with Crippen LogP contribution in [0.2, 0.25) is 0 Å². The molecule has 0 saturated heterocycles. The van der Waals surface area contributed by atoms with Crippen molar-refractivity contribution >= 4 is 21.5 Å². The minimum atomic E-state index is -3.81. The molecule has 24 heavy (non-hydrogen) atoms. The number of anilines is 1. The first-order chi connectivity index (χ1) is 11.4. The van der Waals surface area contributed by atoms with E-state index in [2.05, 4.69) is 4.72 Å². The number of carbonyl (C=O) groups excluding carboxylic acids is 1. The number of aryl methyl sites for hydroxylation is 1. The number of carbonyl (C=O) groups is 1. The minimum Gasteiger partial charge on any atom is -0.486 e. The maximum absolute atomic E-state index is 12.6. The fourth-order valence-corrected chi connectivity index (χ4v) is 3.48. The maximum Gasteiger partial charge on any atom is 0.262 e. The van der Waals surface area contributed by atoms with Crippen molar-refractivity contribution in [2.45, 2.75) is 18.7 Å². The number of Topliss-reactive ketones (excluding diaryl/α,β-unsaturated/α-hetero) is 1. The van der Waals surface area contributed by atoms with Crippen LogP contribution < -0.4 is 14.2 Å². The highest BCUT2D eigenvalue weighted by molar-refractivity contribution is 7.92. The number of benzene rings is 2. The summed E-state index contributed by atoms with van der Waals surface area (Å²) < 4.78 is 38.6. The lowest BCUT2D eigenvalue weighted by molar-refractivity contribution is 0.101. The molecule has 1 heterocycles. The van der Waals surface area contributed by atoms with E-state index >= 15 is 0 Å². The fourth-order valence-electron chi connectivity index (χ4n) is 2.35. The van der Waals surface area contributed by atoms with Crippen LogP contribution in [-0.4, -0.2) is 27.4 Å². The molecule has 3 rings (SSSR count). The average Bonchev–Trinajstić information content (AvgIpc) is 2.56. The second-order valence-electron chi connectivity index (χ2n) is 5.50. The van der Waals surface area contributed by atoms with Gasteiger partial charge in [-0.1, -0.05) is 12.1 Å². The molecule has 0 bridgehead atoms. The minimum absolute atomic E-state index is 0.0689. The summed E-state index contributed by atoms with van der Waals surface area (Å²) in [4.78, 5) is 11.6. The molecule has 0 amide bonds. The molecule has 126 valence electrons. The summed E-state index contributed by atoms with van der Waals surface area (Å²) >= 11 is 0. The van der Waals surface area contributed by atoms with Crippen molar-refractivity contribution in [3.8, 4) is 11.5 Å². The number of ketones is 1. The van der Waals surface area contributed by atoms with Crippen molar-refractivity contribution in [1.29, 1.82) is 0 Å². The van der Waals surface area contributed by atoms with Gasteiger partial charge in [0.15, 0.2) is 17.3 Å². The largest absolute Gasteiger partial charge is 0.486 e. The molecule has 0 atom stereocenters. The van der Waals surface area contributed by atoms with E-state index in [0.29, 0.717) is 36.0 Å². The van der Waals surface area contributed by atoms with Crippen LogP contribution in [0, 0.1) is 6.92 Å². The van der Waals surface area contributed by atoms with E-state index in [4.69, 9.17) is 9.47 Å². The lowest BCUT2D eigenvalue weighted by atomic mass is 10.1. The van der Waals surface area contributed by atoms with Crippen molar-refractivity contribution in [2.75, 3.05) is 17.9 Å². The van der Waals surface area contributed by atoms with Crippen LogP contribution >= 0.6 is 0 Å². The number of sulfonamides is 1. The van der Waals surface area contributed by atoms with Gasteiger partial charge in [0.25, 0.3) is 10.0 Å². The van der Waals surface area contributed by atoms with E-state index in [0.717, 1.165) is 5.56 Å². The van der Waals surface area contributed by atoms with Gasteiger partial charge in [0.1, 0.15) is 13.2 Å². The summed E-state index contributed by atoms with van der Waals surface area (Å²) in [6.07, 6.45) is 0. The van der Waals surface area contributed by atoms with Crippen LogP contribution in [0.1, 0.15) is 22.8 Å². The molecule has 7 heteroatoms. The van der Waals surface area contributed by atoms with Crippen molar-refractivity contribution in [1.82, 2.24) is 0 Å². The van der Waals surface area contributed by atoms with Gasteiger partial charge in [-0.3, -0.25) is 9.52 Å². The molecule has 0 saturated carbocycles. The number of hydrogen-bond acceptors (Lipinski definition) is 5. The first kappa shape index (κ1) is 16.3. The molecule has 1 N–H and O–H groups in total. The predicted octanol–water partition coefficient (Wildman–Crippen LogP) is 2.77. The molecule has 0 fully saturated rings. The number of nitrogens with one attached hydrogen (secondary N) is 1. The van der Waals surface area contributed by atoms with E-state index in [-0.39, 0.29) is 10.7 Å². The number of rotatable bonds is 4. The monoisotopic (exact) mass is 347 g/mol. The molecular formula is C17H17NO5S. The smallest absolute Gasteiger partial charge is 0.262 e. The summed E-state index contributed by atoms with van der Waals surface area (Å²) in [6, 6.07) is 9.37. The van der Waals surface area contributed by atoms with Gasteiger partial charge in [0.2, 0.25) is 0 Å². The topological polar surface area (TPSA) is 81.7 Å². The van der Waals surface area contributed by atoms with Crippen LogP contribution in [-0.2, 0) is 10.0 Å². The second kappa shape index (κ2) is 6.16. The Morgan fingerprint density at radius 1 is 1.04 bits per heavy atom. The molecule has 6 nitrogen and oxygen atoms in total. The van der Waals surface area contributed by atoms with Crippen LogP contribution in [0.5, 0.6) is 11.5 Å². The number of hydrogen-bond donors (Lipinski definition) is 1. The van der Waals surface area contributed by atoms with Gasteiger partial charge < -0.3 is 9.47 Å². The Labute approximate surface area is 140 Å². The quantitative estimate of drug-likeness (QED) is 0.860. The molecule has 1 aliphatic heterocycles. The van der Waals surface area contributed by atoms with Crippen molar-refractivity contribution in [3.05, 3.63) is 47.5 Å².